The molecule has 0 bridgehead atoms. The van der Waals surface area contributed by atoms with Gasteiger partial charge in [0.1, 0.15) is 5.76 Å². The number of amides is 1. The third kappa shape index (κ3) is 5.31. The summed E-state index contributed by atoms with van der Waals surface area (Å²) in [5.74, 6) is -1.41. The predicted octanol–water partition coefficient (Wildman–Crippen LogP) is 7.82. The number of unbranched alkanes of at least 4 members (excludes halogenated alkanes) is 1. The first-order valence-electron chi connectivity index (χ1n) is 13.7. The van der Waals surface area contributed by atoms with Crippen LogP contribution in [-0.4, -0.2) is 16.8 Å². The maximum atomic E-state index is 13.6. The van der Waals surface area contributed by atoms with Crippen LogP contribution < -0.4 is 4.90 Å². The van der Waals surface area contributed by atoms with Crippen LogP contribution in [0.5, 0.6) is 0 Å². The smallest absolute Gasteiger partial charge is 0.300 e. The van der Waals surface area contributed by atoms with Crippen LogP contribution in [0.4, 0.5) is 5.69 Å². The number of aryl methyl sites for hydroxylation is 3. The van der Waals surface area contributed by atoms with Crippen LogP contribution in [0.1, 0.15) is 86.9 Å². The number of anilines is 1. The molecule has 1 amide bonds. The highest BCUT2D eigenvalue weighted by atomic mass is 16.3. The highest BCUT2D eigenvalue weighted by Crippen LogP contribution is 2.43. The van der Waals surface area contributed by atoms with E-state index in [-0.39, 0.29) is 16.7 Å². The molecule has 0 saturated carbocycles. The van der Waals surface area contributed by atoms with Crippen LogP contribution in [0.2, 0.25) is 0 Å². The molecule has 3 aromatic rings. The fraction of sp³-hybridized carbons (Fsp3) is 0.353. The van der Waals surface area contributed by atoms with E-state index in [1.54, 1.807) is 4.90 Å². The zero-order valence-electron chi connectivity index (χ0n) is 23.5. The standard InChI is InChI=1S/C34H39NO3/c1-7-9-10-24-14-19-27(20-15-24)35-30(25-16-12-23(8-2)13-17-25)29(32(37)33(35)38)31(36)28-21-26(34(4,5)6)18-11-22(28)3/h11-21,30,36H,7-10H2,1-6H3/b31-29+. The molecule has 4 heteroatoms. The summed E-state index contributed by atoms with van der Waals surface area (Å²) in [5, 5.41) is 11.7. The van der Waals surface area contributed by atoms with Crippen LogP contribution in [-0.2, 0) is 27.8 Å². The van der Waals surface area contributed by atoms with Gasteiger partial charge in [-0.05, 0) is 77.6 Å². The number of carbonyl (C=O) groups excluding carboxylic acids is 2. The molecule has 1 N–H and O–H groups in total. The van der Waals surface area contributed by atoms with Crippen molar-refractivity contribution in [2.75, 3.05) is 4.90 Å². The summed E-state index contributed by atoms with van der Waals surface area (Å²) >= 11 is 0. The number of ketones is 1. The lowest BCUT2D eigenvalue weighted by atomic mass is 9.84. The van der Waals surface area contributed by atoms with Crippen molar-refractivity contribution in [1.29, 1.82) is 0 Å². The first-order valence-corrected chi connectivity index (χ1v) is 13.7. The van der Waals surface area contributed by atoms with Gasteiger partial charge in [0.2, 0.25) is 0 Å². The molecule has 38 heavy (non-hydrogen) atoms. The van der Waals surface area contributed by atoms with Gasteiger partial charge in [-0.1, -0.05) is 89.6 Å². The summed E-state index contributed by atoms with van der Waals surface area (Å²) in [6.45, 7) is 12.5. The van der Waals surface area contributed by atoms with Crippen molar-refractivity contribution in [3.8, 4) is 0 Å². The number of aliphatic hydroxyl groups is 1. The highest BCUT2D eigenvalue weighted by Gasteiger charge is 2.47. The third-order valence-electron chi connectivity index (χ3n) is 7.54. The Balaban J connectivity index is 1.90. The minimum atomic E-state index is -0.722. The normalized spacial score (nSPS) is 17.3. The SMILES string of the molecule is CCCCc1ccc(N2C(=O)C(=O)/C(=C(/O)c3cc(C(C)(C)C)ccc3C)C2c2ccc(CC)cc2)cc1. The van der Waals surface area contributed by atoms with E-state index >= 15 is 0 Å². The lowest BCUT2D eigenvalue weighted by molar-refractivity contribution is -0.132. The molecule has 1 heterocycles. The van der Waals surface area contributed by atoms with Crippen LogP contribution >= 0.6 is 0 Å². The first kappa shape index (κ1) is 27.4. The summed E-state index contributed by atoms with van der Waals surface area (Å²) in [6, 6.07) is 21.1. The number of benzene rings is 3. The number of aliphatic hydroxyl groups excluding tert-OH is 1. The molecule has 4 rings (SSSR count). The van der Waals surface area contributed by atoms with E-state index in [9.17, 15) is 14.7 Å². The molecule has 0 aliphatic carbocycles. The van der Waals surface area contributed by atoms with E-state index < -0.39 is 17.7 Å². The zero-order valence-corrected chi connectivity index (χ0v) is 23.5. The van der Waals surface area contributed by atoms with Gasteiger partial charge >= 0.3 is 0 Å². The molecule has 198 valence electrons. The Morgan fingerprint density at radius 1 is 0.895 bits per heavy atom. The summed E-state index contributed by atoms with van der Waals surface area (Å²) in [6.07, 6.45) is 4.07. The molecule has 0 aromatic heterocycles. The Kier molecular flexibility index (Phi) is 7.91. The van der Waals surface area contributed by atoms with E-state index in [0.717, 1.165) is 42.4 Å². The molecule has 3 aromatic carbocycles. The second-order valence-electron chi connectivity index (χ2n) is 11.3. The van der Waals surface area contributed by atoms with Gasteiger partial charge in [-0.3, -0.25) is 14.5 Å². The Bertz CT molecular complexity index is 1360. The predicted molar refractivity (Wildman–Crippen MR) is 156 cm³/mol. The van der Waals surface area contributed by atoms with E-state index in [1.165, 1.54) is 11.1 Å². The molecule has 1 aliphatic heterocycles. The number of carbonyl (C=O) groups is 2. The number of nitrogens with zero attached hydrogens (tertiary/aromatic N) is 1. The second kappa shape index (κ2) is 11.0. The van der Waals surface area contributed by atoms with E-state index in [1.807, 2.05) is 73.7 Å². The van der Waals surface area contributed by atoms with Gasteiger partial charge in [-0.15, -0.1) is 0 Å². The number of rotatable bonds is 7. The average Bonchev–Trinajstić information content (AvgIpc) is 3.17. The van der Waals surface area contributed by atoms with Crippen molar-refractivity contribution in [3.63, 3.8) is 0 Å². The molecular formula is C34H39NO3. The minimum absolute atomic E-state index is 0.126. The van der Waals surface area contributed by atoms with Gasteiger partial charge in [0.15, 0.2) is 0 Å². The topological polar surface area (TPSA) is 57.6 Å². The van der Waals surface area contributed by atoms with Gasteiger partial charge in [-0.2, -0.15) is 0 Å². The second-order valence-corrected chi connectivity index (χ2v) is 11.3. The molecule has 1 aliphatic rings. The Labute approximate surface area is 227 Å². The number of Topliss-reactive ketones (excluding diaryl/α,β-unsaturated/α-hetero) is 1. The molecule has 1 unspecified atom stereocenters. The molecule has 1 saturated heterocycles. The van der Waals surface area contributed by atoms with Crippen LogP contribution in [0.3, 0.4) is 0 Å². The Morgan fingerprint density at radius 3 is 2.11 bits per heavy atom. The lowest BCUT2D eigenvalue weighted by Gasteiger charge is -2.26. The lowest BCUT2D eigenvalue weighted by Crippen LogP contribution is -2.29. The van der Waals surface area contributed by atoms with Crippen molar-refractivity contribution in [3.05, 3.63) is 106 Å². The van der Waals surface area contributed by atoms with Gasteiger partial charge in [0.05, 0.1) is 11.6 Å². The van der Waals surface area contributed by atoms with Crippen molar-refractivity contribution < 1.29 is 14.7 Å². The maximum absolute atomic E-state index is 13.6. The van der Waals surface area contributed by atoms with Gasteiger partial charge in [-0.25, -0.2) is 0 Å². The number of hydrogen-bond donors (Lipinski definition) is 1. The molecular weight excluding hydrogens is 470 g/mol. The zero-order chi connectivity index (χ0) is 27.6. The third-order valence-corrected chi connectivity index (χ3v) is 7.54. The van der Waals surface area contributed by atoms with Crippen LogP contribution in [0.15, 0.2) is 72.3 Å². The van der Waals surface area contributed by atoms with Gasteiger partial charge in [0, 0.05) is 11.3 Å². The Hall–Kier alpha value is -3.66. The van der Waals surface area contributed by atoms with Crippen LogP contribution in [0, 0.1) is 6.92 Å². The number of hydrogen-bond acceptors (Lipinski definition) is 3. The van der Waals surface area contributed by atoms with Crippen molar-refractivity contribution >= 4 is 23.1 Å². The van der Waals surface area contributed by atoms with Crippen molar-refractivity contribution in [2.45, 2.75) is 78.7 Å². The average molecular weight is 510 g/mol. The summed E-state index contributed by atoms with van der Waals surface area (Å²) in [5.41, 5.74) is 6.28. The maximum Gasteiger partial charge on any atom is 0.300 e. The largest absolute Gasteiger partial charge is 0.507 e. The highest BCUT2D eigenvalue weighted by molar-refractivity contribution is 6.51. The molecule has 1 fully saturated rings. The van der Waals surface area contributed by atoms with E-state index in [0.29, 0.717) is 11.3 Å². The fourth-order valence-corrected chi connectivity index (χ4v) is 5.04. The van der Waals surface area contributed by atoms with Gasteiger partial charge < -0.3 is 5.11 Å². The van der Waals surface area contributed by atoms with E-state index in [4.69, 9.17) is 0 Å². The fourth-order valence-electron chi connectivity index (χ4n) is 5.04. The first-order chi connectivity index (χ1) is 18.1. The van der Waals surface area contributed by atoms with E-state index in [2.05, 4.69) is 34.6 Å². The van der Waals surface area contributed by atoms with Crippen molar-refractivity contribution in [2.24, 2.45) is 0 Å². The molecule has 4 nitrogen and oxygen atoms in total. The van der Waals surface area contributed by atoms with Crippen molar-refractivity contribution in [1.82, 2.24) is 0 Å². The summed E-state index contributed by atoms with van der Waals surface area (Å²) < 4.78 is 0. The molecule has 0 radical (unpaired) electrons. The monoisotopic (exact) mass is 509 g/mol. The Morgan fingerprint density at radius 2 is 1.53 bits per heavy atom. The quantitative estimate of drug-likeness (QED) is 0.201. The van der Waals surface area contributed by atoms with Crippen LogP contribution in [0.25, 0.3) is 5.76 Å². The molecule has 1 atom stereocenters. The van der Waals surface area contributed by atoms with Gasteiger partial charge in [0.25, 0.3) is 11.7 Å². The summed E-state index contributed by atoms with van der Waals surface area (Å²) in [4.78, 5) is 28.7. The molecule has 0 spiro atoms. The summed E-state index contributed by atoms with van der Waals surface area (Å²) in [7, 11) is 0. The minimum Gasteiger partial charge on any atom is -0.507 e.